The van der Waals surface area contributed by atoms with E-state index in [0.717, 1.165) is 10.5 Å². The molecule has 1 saturated heterocycles. The molecule has 120 valence electrons. The van der Waals surface area contributed by atoms with E-state index in [4.69, 9.17) is 4.74 Å². The van der Waals surface area contributed by atoms with E-state index >= 15 is 0 Å². The van der Waals surface area contributed by atoms with Crippen molar-refractivity contribution in [1.29, 1.82) is 0 Å². The number of β-lactam (4-membered cyclic amide) rings is 1. The van der Waals surface area contributed by atoms with Gasteiger partial charge in [-0.05, 0) is 35.6 Å². The van der Waals surface area contributed by atoms with E-state index in [9.17, 15) is 4.79 Å². The van der Waals surface area contributed by atoms with E-state index in [1.54, 1.807) is 0 Å². The summed E-state index contributed by atoms with van der Waals surface area (Å²) >= 11 is 1.50. The zero-order valence-corrected chi connectivity index (χ0v) is 14.2. The lowest BCUT2D eigenvalue weighted by atomic mass is 9.91. The minimum absolute atomic E-state index is 0.0634. The van der Waals surface area contributed by atoms with Gasteiger partial charge in [-0.15, -0.1) is 0 Å². The SMILES string of the molecule is CC(C)[C@H]1[C@H](OCc2ccccc2)C(=O)N1Sc1ccccc1. The Morgan fingerprint density at radius 2 is 1.65 bits per heavy atom. The molecule has 0 aliphatic carbocycles. The monoisotopic (exact) mass is 327 g/mol. The first-order valence-electron chi connectivity index (χ1n) is 7.88. The third-order valence-electron chi connectivity index (χ3n) is 3.94. The van der Waals surface area contributed by atoms with Crippen LogP contribution in [0.25, 0.3) is 0 Å². The highest BCUT2D eigenvalue weighted by molar-refractivity contribution is 7.97. The van der Waals surface area contributed by atoms with Crippen molar-refractivity contribution in [2.45, 2.75) is 37.5 Å². The van der Waals surface area contributed by atoms with Gasteiger partial charge in [-0.25, -0.2) is 0 Å². The van der Waals surface area contributed by atoms with Crippen LogP contribution in [0.3, 0.4) is 0 Å². The molecule has 4 heteroatoms. The van der Waals surface area contributed by atoms with Gasteiger partial charge in [-0.1, -0.05) is 62.4 Å². The molecular formula is C19H21NO2S. The van der Waals surface area contributed by atoms with E-state index in [1.165, 1.54) is 11.9 Å². The number of nitrogens with zero attached hydrogens (tertiary/aromatic N) is 1. The molecule has 1 heterocycles. The van der Waals surface area contributed by atoms with Gasteiger partial charge in [-0.3, -0.25) is 9.10 Å². The molecule has 1 aliphatic rings. The average Bonchev–Trinajstić information content (AvgIpc) is 2.58. The number of benzene rings is 2. The summed E-state index contributed by atoms with van der Waals surface area (Å²) in [6.45, 7) is 4.74. The first kappa shape index (κ1) is 16.1. The fraction of sp³-hybridized carbons (Fsp3) is 0.316. The molecule has 2 aromatic carbocycles. The number of amides is 1. The average molecular weight is 327 g/mol. The van der Waals surface area contributed by atoms with E-state index in [-0.39, 0.29) is 18.1 Å². The molecule has 0 bridgehead atoms. The number of hydrogen-bond acceptors (Lipinski definition) is 3. The summed E-state index contributed by atoms with van der Waals surface area (Å²) in [5.74, 6) is 0.415. The first-order chi connectivity index (χ1) is 11.2. The summed E-state index contributed by atoms with van der Waals surface area (Å²) in [7, 11) is 0. The van der Waals surface area contributed by atoms with Crippen LogP contribution in [0.1, 0.15) is 19.4 Å². The maximum absolute atomic E-state index is 12.5. The summed E-state index contributed by atoms with van der Waals surface area (Å²) in [5.41, 5.74) is 1.09. The number of ether oxygens (including phenoxy) is 1. The van der Waals surface area contributed by atoms with Gasteiger partial charge in [0.2, 0.25) is 0 Å². The van der Waals surface area contributed by atoms with Gasteiger partial charge < -0.3 is 4.74 Å². The predicted octanol–water partition coefficient (Wildman–Crippen LogP) is 4.15. The molecule has 0 N–H and O–H groups in total. The second kappa shape index (κ2) is 7.20. The van der Waals surface area contributed by atoms with Crippen molar-refractivity contribution in [3.8, 4) is 0 Å². The normalized spacial score (nSPS) is 20.7. The van der Waals surface area contributed by atoms with Crippen LogP contribution < -0.4 is 0 Å². The van der Waals surface area contributed by atoms with E-state index in [2.05, 4.69) is 13.8 Å². The maximum atomic E-state index is 12.5. The van der Waals surface area contributed by atoms with E-state index < -0.39 is 0 Å². The van der Waals surface area contributed by atoms with Gasteiger partial charge in [0.1, 0.15) is 0 Å². The molecule has 2 aromatic rings. The second-order valence-corrected chi connectivity index (χ2v) is 7.07. The zero-order valence-electron chi connectivity index (χ0n) is 13.4. The van der Waals surface area contributed by atoms with Crippen LogP contribution in [0.5, 0.6) is 0 Å². The van der Waals surface area contributed by atoms with Gasteiger partial charge in [-0.2, -0.15) is 0 Å². The van der Waals surface area contributed by atoms with Crippen LogP contribution in [0.2, 0.25) is 0 Å². The van der Waals surface area contributed by atoms with Crippen molar-refractivity contribution in [1.82, 2.24) is 4.31 Å². The molecular weight excluding hydrogens is 306 g/mol. The van der Waals surface area contributed by atoms with Crippen LogP contribution >= 0.6 is 11.9 Å². The molecule has 23 heavy (non-hydrogen) atoms. The van der Waals surface area contributed by atoms with Crippen molar-refractivity contribution >= 4 is 17.9 Å². The molecule has 0 radical (unpaired) electrons. The highest BCUT2D eigenvalue weighted by Gasteiger charge is 2.50. The summed E-state index contributed by atoms with van der Waals surface area (Å²) in [6, 6.07) is 20.1. The van der Waals surface area contributed by atoms with Crippen molar-refractivity contribution in [2.75, 3.05) is 0 Å². The van der Waals surface area contributed by atoms with Gasteiger partial charge in [0.15, 0.2) is 6.10 Å². The summed E-state index contributed by atoms with van der Waals surface area (Å²) in [6.07, 6.45) is -0.341. The Balaban J connectivity index is 1.64. The fourth-order valence-corrected chi connectivity index (χ4v) is 3.89. The quantitative estimate of drug-likeness (QED) is 0.590. The largest absolute Gasteiger partial charge is 0.361 e. The van der Waals surface area contributed by atoms with Gasteiger partial charge >= 0.3 is 0 Å². The summed E-state index contributed by atoms with van der Waals surface area (Å²) in [5, 5.41) is 0. The Morgan fingerprint density at radius 1 is 1.04 bits per heavy atom. The molecule has 0 spiro atoms. The Labute approximate surface area is 141 Å². The Bertz CT molecular complexity index is 645. The molecule has 3 nitrogen and oxygen atoms in total. The van der Waals surface area contributed by atoms with Crippen molar-refractivity contribution in [3.05, 3.63) is 66.2 Å². The second-order valence-electron chi connectivity index (χ2n) is 6.02. The molecule has 1 fully saturated rings. The third-order valence-corrected chi connectivity index (χ3v) is 5.05. The lowest BCUT2D eigenvalue weighted by molar-refractivity contribution is -0.166. The Morgan fingerprint density at radius 3 is 2.26 bits per heavy atom. The van der Waals surface area contributed by atoms with Crippen LogP contribution in [0.15, 0.2) is 65.6 Å². The lowest BCUT2D eigenvalue weighted by Crippen LogP contribution is -2.64. The Hall–Kier alpha value is -1.78. The van der Waals surface area contributed by atoms with Crippen molar-refractivity contribution in [3.63, 3.8) is 0 Å². The van der Waals surface area contributed by atoms with E-state index in [1.807, 2.05) is 65.0 Å². The smallest absolute Gasteiger partial charge is 0.264 e. The van der Waals surface area contributed by atoms with Gasteiger partial charge in [0, 0.05) is 4.90 Å². The topological polar surface area (TPSA) is 29.5 Å². The molecule has 1 aliphatic heterocycles. The highest BCUT2D eigenvalue weighted by Crippen LogP contribution is 2.38. The van der Waals surface area contributed by atoms with E-state index in [0.29, 0.717) is 12.5 Å². The molecule has 0 aromatic heterocycles. The standard InChI is InChI=1S/C19H21NO2S/c1-14(2)17-18(22-13-15-9-5-3-6-10-15)19(21)20(17)23-16-11-7-4-8-12-16/h3-12,14,17-18H,13H2,1-2H3/t17-,18-/m0/s1. The highest BCUT2D eigenvalue weighted by atomic mass is 32.2. The minimum Gasteiger partial charge on any atom is -0.361 e. The molecule has 1 amide bonds. The molecule has 2 atom stereocenters. The summed E-state index contributed by atoms with van der Waals surface area (Å²) in [4.78, 5) is 13.6. The zero-order chi connectivity index (χ0) is 16.2. The molecule has 3 rings (SSSR count). The van der Waals surface area contributed by atoms with Crippen LogP contribution in [0, 0.1) is 5.92 Å². The van der Waals surface area contributed by atoms with Crippen LogP contribution in [-0.2, 0) is 16.1 Å². The van der Waals surface area contributed by atoms with Crippen molar-refractivity contribution < 1.29 is 9.53 Å². The van der Waals surface area contributed by atoms with Crippen LogP contribution in [0.4, 0.5) is 0 Å². The van der Waals surface area contributed by atoms with Gasteiger partial charge in [0.25, 0.3) is 5.91 Å². The number of rotatable bonds is 6. The summed E-state index contributed by atoms with van der Waals surface area (Å²) < 4.78 is 7.77. The first-order valence-corrected chi connectivity index (χ1v) is 8.66. The minimum atomic E-state index is -0.341. The fourth-order valence-electron chi connectivity index (χ4n) is 2.71. The number of carbonyl (C=O) groups excluding carboxylic acids is 1. The predicted molar refractivity (Wildman–Crippen MR) is 92.8 cm³/mol. The third kappa shape index (κ3) is 3.59. The van der Waals surface area contributed by atoms with Gasteiger partial charge in [0.05, 0.1) is 12.6 Å². The maximum Gasteiger partial charge on any atom is 0.264 e. The number of hydrogen-bond donors (Lipinski definition) is 0. The Kier molecular flexibility index (Phi) is 5.03. The lowest BCUT2D eigenvalue weighted by Gasteiger charge is -2.47. The van der Waals surface area contributed by atoms with Crippen molar-refractivity contribution in [2.24, 2.45) is 5.92 Å². The molecule has 0 saturated carbocycles. The van der Waals surface area contributed by atoms with Crippen LogP contribution in [-0.4, -0.2) is 22.4 Å². The molecule has 0 unspecified atom stereocenters. The number of carbonyl (C=O) groups is 1.